The topological polar surface area (TPSA) is 69.4 Å². The number of hydrogen-bond donors (Lipinski definition) is 0. The summed E-state index contributed by atoms with van der Waals surface area (Å²) >= 11 is 0. The number of nitro benzene ring substituents is 1. The summed E-state index contributed by atoms with van der Waals surface area (Å²) in [6, 6.07) is 13.2. The van der Waals surface area contributed by atoms with E-state index in [1.54, 1.807) is 36.4 Å². The van der Waals surface area contributed by atoms with E-state index in [1.165, 1.54) is 12.1 Å². The monoisotopic (exact) mass is 271 g/mol. The number of nitrogens with zero attached hydrogens (tertiary/aromatic N) is 1. The van der Waals surface area contributed by atoms with Crippen molar-refractivity contribution in [3.8, 4) is 5.75 Å². The maximum Gasteiger partial charge on any atom is 0.269 e. The quantitative estimate of drug-likeness (QED) is 0.460. The number of benzene rings is 2. The molecule has 0 bridgehead atoms. The predicted molar refractivity (Wildman–Crippen MR) is 74.1 cm³/mol. The zero-order valence-electron chi connectivity index (χ0n) is 10.7. The minimum Gasteiger partial charge on any atom is -0.493 e. The second kappa shape index (κ2) is 6.47. The van der Waals surface area contributed by atoms with E-state index in [4.69, 9.17) is 4.74 Å². The highest BCUT2D eigenvalue weighted by Gasteiger charge is 2.03. The molecule has 20 heavy (non-hydrogen) atoms. The number of nitro groups is 1. The molecule has 2 aromatic rings. The van der Waals surface area contributed by atoms with E-state index in [-0.39, 0.29) is 5.69 Å². The van der Waals surface area contributed by atoms with Crippen LogP contribution in [0.5, 0.6) is 5.75 Å². The van der Waals surface area contributed by atoms with Crippen LogP contribution < -0.4 is 4.74 Å². The van der Waals surface area contributed by atoms with Gasteiger partial charge in [-0.05, 0) is 29.8 Å². The van der Waals surface area contributed by atoms with Crippen LogP contribution in [0.25, 0.3) is 0 Å². The van der Waals surface area contributed by atoms with Crippen molar-refractivity contribution in [3.63, 3.8) is 0 Å². The molecule has 0 N–H and O–H groups in total. The lowest BCUT2D eigenvalue weighted by atomic mass is 10.1. The van der Waals surface area contributed by atoms with E-state index in [2.05, 4.69) is 0 Å². The molecule has 2 aromatic carbocycles. The highest BCUT2D eigenvalue weighted by molar-refractivity contribution is 5.74. The van der Waals surface area contributed by atoms with Crippen molar-refractivity contribution in [2.75, 3.05) is 6.61 Å². The van der Waals surface area contributed by atoms with E-state index in [0.29, 0.717) is 24.3 Å². The van der Waals surface area contributed by atoms with E-state index < -0.39 is 4.92 Å². The third-order valence-corrected chi connectivity index (χ3v) is 2.82. The maximum atomic E-state index is 10.5. The fraction of sp³-hybridized carbons (Fsp3) is 0.133. The summed E-state index contributed by atoms with van der Waals surface area (Å²) in [6.45, 7) is 0.470. The van der Waals surface area contributed by atoms with Gasteiger partial charge in [0.1, 0.15) is 12.0 Å². The van der Waals surface area contributed by atoms with E-state index >= 15 is 0 Å². The SMILES string of the molecule is O=Cc1ccc(OCCc2ccc([N+](=O)[O-])cc2)cc1. The molecule has 0 aliphatic heterocycles. The third kappa shape index (κ3) is 3.65. The first-order chi connectivity index (χ1) is 9.69. The molecule has 0 spiro atoms. The van der Waals surface area contributed by atoms with Gasteiger partial charge in [0, 0.05) is 24.1 Å². The Morgan fingerprint density at radius 3 is 2.25 bits per heavy atom. The van der Waals surface area contributed by atoms with Gasteiger partial charge in [0.2, 0.25) is 0 Å². The van der Waals surface area contributed by atoms with Gasteiger partial charge >= 0.3 is 0 Å². The number of carbonyl (C=O) groups excluding carboxylic acids is 1. The molecule has 0 fully saturated rings. The van der Waals surface area contributed by atoms with Crippen LogP contribution in [0.3, 0.4) is 0 Å². The van der Waals surface area contributed by atoms with Crippen LogP contribution in [0, 0.1) is 10.1 Å². The summed E-state index contributed by atoms with van der Waals surface area (Å²) < 4.78 is 5.54. The average molecular weight is 271 g/mol. The molecule has 0 aliphatic rings. The molecular formula is C15H13NO4. The Bertz CT molecular complexity index is 590. The van der Waals surface area contributed by atoms with Crippen LogP contribution in [0.1, 0.15) is 15.9 Å². The Hall–Kier alpha value is -2.69. The molecule has 2 rings (SSSR count). The smallest absolute Gasteiger partial charge is 0.269 e. The lowest BCUT2D eigenvalue weighted by Crippen LogP contribution is -2.01. The zero-order valence-corrected chi connectivity index (χ0v) is 10.7. The standard InChI is InChI=1S/C15H13NO4/c17-11-13-3-7-15(8-4-13)20-10-9-12-1-5-14(6-2-12)16(18)19/h1-8,11H,9-10H2. The Labute approximate surface area is 116 Å². The number of non-ortho nitro benzene ring substituents is 1. The van der Waals surface area contributed by atoms with Gasteiger partial charge in [-0.3, -0.25) is 14.9 Å². The molecule has 0 heterocycles. The first kappa shape index (κ1) is 13.7. The van der Waals surface area contributed by atoms with Gasteiger partial charge in [0.05, 0.1) is 11.5 Å². The first-order valence-electron chi connectivity index (χ1n) is 6.10. The highest BCUT2D eigenvalue weighted by atomic mass is 16.6. The Balaban J connectivity index is 1.85. The molecule has 0 atom stereocenters. The number of ether oxygens (including phenoxy) is 1. The molecule has 0 amide bonds. The lowest BCUT2D eigenvalue weighted by Gasteiger charge is -2.06. The molecule has 0 radical (unpaired) electrons. The van der Waals surface area contributed by atoms with Crippen molar-refractivity contribution in [3.05, 3.63) is 69.8 Å². The predicted octanol–water partition coefficient (Wildman–Crippen LogP) is 3.03. The van der Waals surface area contributed by atoms with Crippen molar-refractivity contribution >= 4 is 12.0 Å². The highest BCUT2D eigenvalue weighted by Crippen LogP contribution is 2.14. The van der Waals surface area contributed by atoms with E-state index in [9.17, 15) is 14.9 Å². The van der Waals surface area contributed by atoms with E-state index in [1.807, 2.05) is 0 Å². The summed E-state index contributed by atoms with van der Waals surface area (Å²) in [4.78, 5) is 20.6. The van der Waals surface area contributed by atoms with Gasteiger partial charge in [0.15, 0.2) is 0 Å². The second-order valence-electron chi connectivity index (χ2n) is 4.21. The molecule has 5 heteroatoms. The van der Waals surface area contributed by atoms with Gasteiger partial charge < -0.3 is 4.74 Å². The van der Waals surface area contributed by atoms with Crippen LogP contribution in [0.2, 0.25) is 0 Å². The van der Waals surface area contributed by atoms with Crippen LogP contribution >= 0.6 is 0 Å². The van der Waals surface area contributed by atoms with Gasteiger partial charge in [-0.25, -0.2) is 0 Å². The Kier molecular flexibility index (Phi) is 4.44. The van der Waals surface area contributed by atoms with Crippen LogP contribution in [0.4, 0.5) is 5.69 Å². The molecule has 0 saturated carbocycles. The summed E-state index contributed by atoms with van der Waals surface area (Å²) in [7, 11) is 0. The minimum atomic E-state index is -0.422. The molecular weight excluding hydrogens is 258 g/mol. The molecule has 0 unspecified atom stereocenters. The number of aldehydes is 1. The Morgan fingerprint density at radius 1 is 1.05 bits per heavy atom. The van der Waals surface area contributed by atoms with Crippen molar-refractivity contribution in [2.24, 2.45) is 0 Å². The fourth-order valence-electron chi connectivity index (χ4n) is 1.71. The number of rotatable bonds is 6. The number of hydrogen-bond acceptors (Lipinski definition) is 4. The fourth-order valence-corrected chi connectivity index (χ4v) is 1.71. The summed E-state index contributed by atoms with van der Waals surface area (Å²) in [5.74, 6) is 0.692. The van der Waals surface area contributed by atoms with Gasteiger partial charge in [-0.15, -0.1) is 0 Å². The van der Waals surface area contributed by atoms with Gasteiger partial charge in [-0.2, -0.15) is 0 Å². The largest absolute Gasteiger partial charge is 0.493 e. The lowest BCUT2D eigenvalue weighted by molar-refractivity contribution is -0.384. The molecule has 102 valence electrons. The van der Waals surface area contributed by atoms with Gasteiger partial charge in [-0.1, -0.05) is 12.1 Å². The first-order valence-corrected chi connectivity index (χ1v) is 6.10. The molecule has 5 nitrogen and oxygen atoms in total. The number of carbonyl (C=O) groups is 1. The summed E-state index contributed by atoms with van der Waals surface area (Å²) in [5.41, 5.74) is 1.66. The molecule has 0 aliphatic carbocycles. The van der Waals surface area contributed by atoms with Crippen molar-refractivity contribution in [1.29, 1.82) is 0 Å². The van der Waals surface area contributed by atoms with Crippen molar-refractivity contribution in [1.82, 2.24) is 0 Å². The van der Waals surface area contributed by atoms with Crippen LogP contribution in [0.15, 0.2) is 48.5 Å². The zero-order chi connectivity index (χ0) is 14.4. The maximum absolute atomic E-state index is 10.5. The third-order valence-electron chi connectivity index (χ3n) is 2.82. The van der Waals surface area contributed by atoms with Gasteiger partial charge in [0.25, 0.3) is 5.69 Å². The van der Waals surface area contributed by atoms with Crippen molar-refractivity contribution in [2.45, 2.75) is 6.42 Å². The Morgan fingerprint density at radius 2 is 1.70 bits per heavy atom. The van der Waals surface area contributed by atoms with Crippen molar-refractivity contribution < 1.29 is 14.5 Å². The average Bonchev–Trinajstić information content (AvgIpc) is 2.48. The second-order valence-corrected chi connectivity index (χ2v) is 4.21. The van der Waals surface area contributed by atoms with E-state index in [0.717, 1.165) is 11.8 Å². The summed E-state index contributed by atoms with van der Waals surface area (Å²) in [5, 5.41) is 10.5. The summed E-state index contributed by atoms with van der Waals surface area (Å²) in [6.07, 6.45) is 1.44. The van der Waals surface area contributed by atoms with Crippen LogP contribution in [-0.2, 0) is 6.42 Å². The van der Waals surface area contributed by atoms with Crippen LogP contribution in [-0.4, -0.2) is 17.8 Å². The molecule has 0 saturated heterocycles. The molecule has 0 aromatic heterocycles. The minimum absolute atomic E-state index is 0.0825. The normalized spacial score (nSPS) is 10.0.